The highest BCUT2D eigenvalue weighted by molar-refractivity contribution is 7.82. The second-order valence-corrected chi connectivity index (χ2v) is 9.91. The third kappa shape index (κ3) is 4.07. The van der Waals surface area contributed by atoms with Crippen molar-refractivity contribution in [2.45, 2.75) is 23.8 Å². The average molecular weight is 492 g/mol. The SMILES string of the molecule is COc1ccc(S(=O)N2CCC(n3c(-c4ccccc4C#N)nc4cccnc43)CC2)cc1Cl. The van der Waals surface area contributed by atoms with Gasteiger partial charge in [-0.1, -0.05) is 23.7 Å². The van der Waals surface area contributed by atoms with Crippen LogP contribution in [-0.4, -0.2) is 43.2 Å². The quantitative estimate of drug-likeness (QED) is 0.392. The summed E-state index contributed by atoms with van der Waals surface area (Å²) in [7, 11) is 0.240. The number of nitriles is 1. The fraction of sp³-hybridized carbons (Fsp3) is 0.240. The zero-order valence-electron chi connectivity index (χ0n) is 18.5. The summed E-state index contributed by atoms with van der Waals surface area (Å²) in [5.41, 5.74) is 2.96. The van der Waals surface area contributed by atoms with Crippen LogP contribution in [-0.2, 0) is 11.0 Å². The first kappa shape index (κ1) is 22.5. The number of nitrogens with zero attached hydrogens (tertiary/aromatic N) is 5. The molecular weight excluding hydrogens is 470 g/mol. The first-order valence-electron chi connectivity index (χ1n) is 10.9. The smallest absolute Gasteiger partial charge is 0.160 e. The molecule has 1 fully saturated rings. The van der Waals surface area contributed by atoms with E-state index in [1.807, 2.05) is 34.6 Å². The molecule has 9 heteroatoms. The van der Waals surface area contributed by atoms with Gasteiger partial charge in [0.1, 0.15) is 28.1 Å². The number of hydrogen-bond donors (Lipinski definition) is 0. The fourth-order valence-electron chi connectivity index (χ4n) is 4.41. The molecule has 0 aliphatic carbocycles. The maximum atomic E-state index is 13.2. The molecule has 1 atom stereocenters. The molecule has 7 nitrogen and oxygen atoms in total. The van der Waals surface area contributed by atoms with E-state index in [0.717, 1.165) is 35.4 Å². The summed E-state index contributed by atoms with van der Waals surface area (Å²) in [6, 6.07) is 18.9. The number of rotatable bonds is 5. The van der Waals surface area contributed by atoms with Crippen molar-refractivity contribution in [3.63, 3.8) is 0 Å². The van der Waals surface area contributed by atoms with Crippen LogP contribution in [0.5, 0.6) is 5.75 Å². The monoisotopic (exact) mass is 491 g/mol. The van der Waals surface area contributed by atoms with Crippen LogP contribution in [0.1, 0.15) is 24.4 Å². The van der Waals surface area contributed by atoms with Gasteiger partial charge in [-0.05, 0) is 55.3 Å². The van der Waals surface area contributed by atoms with E-state index in [-0.39, 0.29) is 6.04 Å². The molecule has 1 aliphatic heterocycles. The van der Waals surface area contributed by atoms with Crippen LogP contribution < -0.4 is 4.74 Å². The molecule has 0 bridgehead atoms. The summed E-state index contributed by atoms with van der Waals surface area (Å²) in [6.45, 7) is 1.29. The highest BCUT2D eigenvalue weighted by atomic mass is 35.5. The van der Waals surface area contributed by atoms with Gasteiger partial charge in [-0.3, -0.25) is 0 Å². The van der Waals surface area contributed by atoms with Crippen molar-refractivity contribution in [3.8, 4) is 23.2 Å². The lowest BCUT2D eigenvalue weighted by Crippen LogP contribution is -2.36. The second-order valence-electron chi connectivity index (χ2n) is 8.01. The topological polar surface area (TPSA) is 84.0 Å². The van der Waals surface area contributed by atoms with Gasteiger partial charge in [0.05, 0.1) is 28.7 Å². The minimum atomic E-state index is -1.32. The Morgan fingerprint density at radius 3 is 2.68 bits per heavy atom. The minimum absolute atomic E-state index is 0.120. The Balaban J connectivity index is 1.44. The van der Waals surface area contributed by atoms with Gasteiger partial charge in [0, 0.05) is 30.9 Å². The Hall–Kier alpha value is -3.25. The van der Waals surface area contributed by atoms with Crippen LogP contribution in [0.3, 0.4) is 0 Å². The van der Waals surface area contributed by atoms with E-state index in [1.165, 1.54) is 0 Å². The Bertz CT molecular complexity index is 1420. The van der Waals surface area contributed by atoms with Crippen molar-refractivity contribution in [2.24, 2.45) is 0 Å². The van der Waals surface area contributed by atoms with E-state index in [9.17, 15) is 9.47 Å². The molecule has 0 radical (unpaired) electrons. The first-order chi connectivity index (χ1) is 16.6. The number of fused-ring (bicyclic) bond motifs is 1. The molecule has 0 N–H and O–H groups in total. The van der Waals surface area contributed by atoms with Gasteiger partial charge in [0.2, 0.25) is 0 Å². The molecule has 172 valence electrons. The Labute approximate surface area is 205 Å². The number of ether oxygens (including phenoxy) is 1. The summed E-state index contributed by atoms with van der Waals surface area (Å²) in [5.74, 6) is 1.30. The van der Waals surface area contributed by atoms with Gasteiger partial charge in [-0.2, -0.15) is 5.26 Å². The summed E-state index contributed by atoms with van der Waals surface area (Å²) in [4.78, 5) is 10.1. The highest BCUT2D eigenvalue weighted by Gasteiger charge is 2.29. The lowest BCUT2D eigenvalue weighted by atomic mass is 10.0. The van der Waals surface area contributed by atoms with Crippen LogP contribution in [0.25, 0.3) is 22.6 Å². The zero-order chi connectivity index (χ0) is 23.7. The lowest BCUT2D eigenvalue weighted by molar-refractivity contribution is 0.288. The number of pyridine rings is 1. The summed E-state index contributed by atoms with van der Waals surface area (Å²) in [5, 5.41) is 10.1. The molecule has 0 saturated carbocycles. The Morgan fingerprint density at radius 2 is 1.94 bits per heavy atom. The molecule has 1 aliphatic rings. The molecule has 2 aromatic heterocycles. The summed E-state index contributed by atoms with van der Waals surface area (Å²) >= 11 is 6.24. The predicted octanol–water partition coefficient (Wildman–Crippen LogP) is 4.99. The average Bonchev–Trinajstić information content (AvgIpc) is 3.27. The Morgan fingerprint density at radius 1 is 1.15 bits per heavy atom. The molecule has 0 amide bonds. The third-order valence-corrected chi connectivity index (χ3v) is 7.87. The number of imidazole rings is 1. The van der Waals surface area contributed by atoms with E-state index >= 15 is 0 Å². The van der Waals surface area contributed by atoms with E-state index in [4.69, 9.17) is 21.3 Å². The summed E-state index contributed by atoms with van der Waals surface area (Å²) in [6.07, 6.45) is 3.32. The number of benzene rings is 2. The van der Waals surface area contributed by atoms with Crippen molar-refractivity contribution >= 4 is 33.8 Å². The van der Waals surface area contributed by atoms with Crippen molar-refractivity contribution in [1.82, 2.24) is 18.8 Å². The van der Waals surface area contributed by atoms with Crippen molar-refractivity contribution < 1.29 is 8.95 Å². The zero-order valence-corrected chi connectivity index (χ0v) is 20.1. The highest BCUT2D eigenvalue weighted by Crippen LogP contribution is 2.35. The van der Waals surface area contributed by atoms with Gasteiger partial charge >= 0.3 is 0 Å². The Kier molecular flexibility index (Phi) is 6.33. The minimum Gasteiger partial charge on any atom is -0.495 e. The lowest BCUT2D eigenvalue weighted by Gasteiger charge is -2.32. The summed E-state index contributed by atoms with van der Waals surface area (Å²) < 4.78 is 22.5. The molecule has 1 saturated heterocycles. The molecule has 1 unspecified atom stereocenters. The van der Waals surface area contributed by atoms with E-state index in [2.05, 4.69) is 15.6 Å². The molecule has 5 rings (SSSR count). The van der Waals surface area contributed by atoms with Gasteiger partial charge in [-0.25, -0.2) is 18.5 Å². The third-order valence-electron chi connectivity index (χ3n) is 6.09. The number of piperidine rings is 1. The maximum absolute atomic E-state index is 13.2. The molecule has 3 heterocycles. The van der Waals surface area contributed by atoms with E-state index in [0.29, 0.717) is 34.3 Å². The van der Waals surface area contributed by atoms with Crippen molar-refractivity contribution in [2.75, 3.05) is 20.2 Å². The molecule has 4 aromatic rings. The fourth-order valence-corrected chi connectivity index (χ4v) is 5.98. The van der Waals surface area contributed by atoms with Gasteiger partial charge in [-0.15, -0.1) is 0 Å². The number of methoxy groups -OCH3 is 1. The van der Waals surface area contributed by atoms with E-state index in [1.54, 1.807) is 37.6 Å². The normalized spacial score (nSPS) is 15.8. The van der Waals surface area contributed by atoms with E-state index < -0.39 is 11.0 Å². The number of halogens is 1. The molecule has 0 spiro atoms. The molecular formula is C25H22ClN5O2S. The number of hydrogen-bond acceptors (Lipinski definition) is 5. The van der Waals surface area contributed by atoms with Crippen LogP contribution in [0, 0.1) is 11.3 Å². The largest absolute Gasteiger partial charge is 0.495 e. The van der Waals surface area contributed by atoms with Crippen molar-refractivity contribution in [1.29, 1.82) is 5.26 Å². The first-order valence-corrected chi connectivity index (χ1v) is 12.4. The van der Waals surface area contributed by atoms with Gasteiger partial charge in [0.25, 0.3) is 0 Å². The van der Waals surface area contributed by atoms with Crippen molar-refractivity contribution in [3.05, 3.63) is 71.4 Å². The van der Waals surface area contributed by atoms with Crippen LogP contribution >= 0.6 is 11.6 Å². The van der Waals surface area contributed by atoms with Crippen LogP contribution in [0.2, 0.25) is 5.02 Å². The van der Waals surface area contributed by atoms with Crippen LogP contribution in [0.4, 0.5) is 0 Å². The van der Waals surface area contributed by atoms with Gasteiger partial charge in [0.15, 0.2) is 5.65 Å². The van der Waals surface area contributed by atoms with Crippen LogP contribution in [0.15, 0.2) is 65.7 Å². The molecule has 2 aromatic carbocycles. The predicted molar refractivity (Wildman–Crippen MR) is 132 cm³/mol. The van der Waals surface area contributed by atoms with Gasteiger partial charge < -0.3 is 9.30 Å². The standard InChI is InChI=1S/C25H22ClN5O2S/c1-33-23-9-8-19(15-21(23)26)34(32)30-13-10-18(11-14-30)31-24(20-6-3-2-5-17(20)16-27)29-22-7-4-12-28-25(22)31/h2-9,12,15,18H,10-11,13-14H2,1H3. The number of aromatic nitrogens is 3. The second kappa shape index (κ2) is 9.55. The maximum Gasteiger partial charge on any atom is 0.160 e. The molecule has 34 heavy (non-hydrogen) atoms.